The summed E-state index contributed by atoms with van der Waals surface area (Å²) in [7, 11) is 0. The third kappa shape index (κ3) is 2.02. The second-order valence-electron chi connectivity index (χ2n) is 3.08. The van der Waals surface area contributed by atoms with Gasteiger partial charge in [0.25, 0.3) is 0 Å². The molecule has 0 aliphatic carbocycles. The molecule has 0 amide bonds. The molecular weight excluding hydrogens is 164 g/mol. The van der Waals surface area contributed by atoms with Gasteiger partial charge in [0, 0.05) is 0 Å². The molecule has 0 aliphatic heterocycles. The van der Waals surface area contributed by atoms with Gasteiger partial charge < -0.3 is 4.79 Å². The van der Waals surface area contributed by atoms with Crippen LogP contribution in [-0.2, 0) is 9.59 Å². The molecular formula is C11H12O2. The number of hydrogen-bond donors (Lipinski definition) is 0. The maximum Gasteiger partial charge on any atom is 0.144 e. The van der Waals surface area contributed by atoms with Gasteiger partial charge in [-0.1, -0.05) is 24.3 Å². The first-order chi connectivity index (χ1) is 6.16. The van der Waals surface area contributed by atoms with Crippen LogP contribution in [0.15, 0.2) is 24.3 Å². The van der Waals surface area contributed by atoms with Crippen LogP contribution in [0.4, 0.5) is 0 Å². The molecule has 2 heteroatoms. The molecule has 1 aromatic rings. The molecule has 0 fully saturated rings. The second kappa shape index (κ2) is 3.99. The number of benzene rings is 1. The Labute approximate surface area is 77.6 Å². The van der Waals surface area contributed by atoms with Crippen molar-refractivity contribution in [3.05, 3.63) is 35.4 Å². The molecule has 0 N–H and O–H groups in total. The van der Waals surface area contributed by atoms with Crippen LogP contribution < -0.4 is 0 Å². The minimum atomic E-state index is -0.596. The number of ketones is 1. The first kappa shape index (κ1) is 9.65. The summed E-state index contributed by atoms with van der Waals surface area (Å²) in [4.78, 5) is 21.8. The second-order valence-corrected chi connectivity index (χ2v) is 3.08. The van der Waals surface area contributed by atoms with Crippen molar-refractivity contribution in [1.82, 2.24) is 0 Å². The van der Waals surface area contributed by atoms with Gasteiger partial charge in [0.2, 0.25) is 0 Å². The van der Waals surface area contributed by atoms with Gasteiger partial charge in [-0.2, -0.15) is 0 Å². The Morgan fingerprint density at radius 1 is 1.38 bits per heavy atom. The van der Waals surface area contributed by atoms with Crippen molar-refractivity contribution >= 4 is 12.1 Å². The van der Waals surface area contributed by atoms with E-state index in [-0.39, 0.29) is 5.78 Å². The summed E-state index contributed by atoms with van der Waals surface area (Å²) in [5, 5.41) is 0. The van der Waals surface area contributed by atoms with Crippen LogP contribution in [0.25, 0.3) is 0 Å². The van der Waals surface area contributed by atoms with E-state index in [1.54, 1.807) is 0 Å². The molecule has 68 valence electrons. The summed E-state index contributed by atoms with van der Waals surface area (Å²) in [6, 6.07) is 7.44. The Morgan fingerprint density at radius 2 is 2.00 bits per heavy atom. The highest BCUT2D eigenvalue weighted by Crippen LogP contribution is 2.18. The van der Waals surface area contributed by atoms with Crippen LogP contribution in [0.3, 0.4) is 0 Å². The van der Waals surface area contributed by atoms with Crippen LogP contribution in [0.1, 0.15) is 24.0 Å². The Kier molecular flexibility index (Phi) is 2.96. The Hall–Kier alpha value is -1.44. The molecule has 0 spiro atoms. The van der Waals surface area contributed by atoms with E-state index >= 15 is 0 Å². The van der Waals surface area contributed by atoms with Gasteiger partial charge in [0.05, 0.1) is 5.92 Å². The molecule has 1 atom stereocenters. The Balaban J connectivity index is 3.12. The predicted molar refractivity (Wildman–Crippen MR) is 50.7 cm³/mol. The van der Waals surface area contributed by atoms with E-state index in [1.165, 1.54) is 6.92 Å². The van der Waals surface area contributed by atoms with Crippen molar-refractivity contribution in [3.63, 3.8) is 0 Å². The number of hydrogen-bond acceptors (Lipinski definition) is 2. The molecule has 0 saturated heterocycles. The Morgan fingerprint density at radius 3 is 2.46 bits per heavy atom. The fraction of sp³-hybridized carbons (Fsp3) is 0.273. The monoisotopic (exact) mass is 176 g/mol. The van der Waals surface area contributed by atoms with Crippen molar-refractivity contribution in [2.24, 2.45) is 0 Å². The maximum absolute atomic E-state index is 11.1. The molecule has 1 unspecified atom stereocenters. The van der Waals surface area contributed by atoms with E-state index in [0.29, 0.717) is 6.29 Å². The lowest BCUT2D eigenvalue weighted by Gasteiger charge is -2.09. The molecule has 1 aromatic carbocycles. The molecule has 0 radical (unpaired) electrons. The number of aryl methyl sites for hydroxylation is 1. The van der Waals surface area contributed by atoms with E-state index in [2.05, 4.69) is 0 Å². The Bertz CT molecular complexity index is 329. The average molecular weight is 176 g/mol. The van der Waals surface area contributed by atoms with E-state index in [0.717, 1.165) is 11.1 Å². The lowest BCUT2D eigenvalue weighted by molar-refractivity contribution is -0.122. The fourth-order valence-electron chi connectivity index (χ4n) is 1.32. The summed E-state index contributed by atoms with van der Waals surface area (Å²) in [6.45, 7) is 3.33. The van der Waals surface area contributed by atoms with Crippen LogP contribution >= 0.6 is 0 Å². The maximum atomic E-state index is 11.1. The molecule has 13 heavy (non-hydrogen) atoms. The van der Waals surface area contributed by atoms with Crippen molar-refractivity contribution in [3.8, 4) is 0 Å². The van der Waals surface area contributed by atoms with Gasteiger partial charge >= 0.3 is 0 Å². The number of Topliss-reactive ketones (excluding diaryl/α,β-unsaturated/α-hetero) is 1. The molecule has 0 saturated carbocycles. The molecule has 2 nitrogen and oxygen atoms in total. The summed E-state index contributed by atoms with van der Waals surface area (Å²) in [6.07, 6.45) is 0.699. The standard InChI is InChI=1S/C11H12O2/c1-8-5-3-4-6-10(8)11(7-12)9(2)13/h3-7,11H,1-2H3. The highest BCUT2D eigenvalue weighted by Gasteiger charge is 2.16. The van der Waals surface area contributed by atoms with E-state index < -0.39 is 5.92 Å². The summed E-state index contributed by atoms with van der Waals surface area (Å²) in [5.74, 6) is -0.703. The number of carbonyl (C=O) groups excluding carboxylic acids is 2. The van der Waals surface area contributed by atoms with Crippen molar-refractivity contribution in [2.75, 3.05) is 0 Å². The van der Waals surface area contributed by atoms with E-state index in [4.69, 9.17) is 0 Å². The fourth-order valence-corrected chi connectivity index (χ4v) is 1.32. The quantitative estimate of drug-likeness (QED) is 0.520. The SMILES string of the molecule is CC(=O)C(C=O)c1ccccc1C. The molecule has 0 heterocycles. The average Bonchev–Trinajstić information content (AvgIpc) is 2.09. The van der Waals surface area contributed by atoms with Gasteiger partial charge in [-0.25, -0.2) is 0 Å². The zero-order valence-corrected chi connectivity index (χ0v) is 7.78. The largest absolute Gasteiger partial charge is 0.302 e. The minimum Gasteiger partial charge on any atom is -0.302 e. The van der Waals surface area contributed by atoms with Crippen LogP contribution in [0.2, 0.25) is 0 Å². The molecule has 0 aliphatic rings. The van der Waals surface area contributed by atoms with Crippen LogP contribution in [0.5, 0.6) is 0 Å². The first-order valence-electron chi connectivity index (χ1n) is 4.18. The minimum absolute atomic E-state index is 0.107. The summed E-state index contributed by atoms with van der Waals surface area (Å²) < 4.78 is 0. The van der Waals surface area contributed by atoms with E-state index in [1.807, 2.05) is 31.2 Å². The zero-order valence-electron chi connectivity index (χ0n) is 7.78. The van der Waals surface area contributed by atoms with Gasteiger partial charge in [0.1, 0.15) is 12.1 Å². The highest BCUT2D eigenvalue weighted by molar-refractivity contribution is 5.97. The summed E-state index contributed by atoms with van der Waals surface area (Å²) >= 11 is 0. The predicted octanol–water partition coefficient (Wildman–Crippen LogP) is 1.87. The third-order valence-electron chi connectivity index (χ3n) is 2.10. The number of rotatable bonds is 3. The lowest BCUT2D eigenvalue weighted by Crippen LogP contribution is -2.11. The van der Waals surface area contributed by atoms with Crippen LogP contribution in [0, 0.1) is 6.92 Å². The van der Waals surface area contributed by atoms with Gasteiger partial charge in [-0.05, 0) is 25.0 Å². The van der Waals surface area contributed by atoms with Crippen molar-refractivity contribution in [1.29, 1.82) is 0 Å². The van der Waals surface area contributed by atoms with Gasteiger partial charge in [-0.3, -0.25) is 4.79 Å². The van der Waals surface area contributed by atoms with Crippen molar-refractivity contribution < 1.29 is 9.59 Å². The molecule has 1 rings (SSSR count). The first-order valence-corrected chi connectivity index (χ1v) is 4.18. The molecule has 0 aromatic heterocycles. The summed E-state index contributed by atoms with van der Waals surface area (Å²) in [5.41, 5.74) is 1.79. The van der Waals surface area contributed by atoms with Crippen LogP contribution in [-0.4, -0.2) is 12.1 Å². The number of carbonyl (C=O) groups is 2. The smallest absolute Gasteiger partial charge is 0.144 e. The lowest BCUT2D eigenvalue weighted by atomic mass is 9.93. The van der Waals surface area contributed by atoms with E-state index in [9.17, 15) is 9.59 Å². The molecule has 0 bridgehead atoms. The number of aldehydes is 1. The highest BCUT2D eigenvalue weighted by atomic mass is 16.1. The van der Waals surface area contributed by atoms with Gasteiger partial charge in [-0.15, -0.1) is 0 Å². The topological polar surface area (TPSA) is 34.1 Å². The zero-order chi connectivity index (χ0) is 9.84. The third-order valence-corrected chi connectivity index (χ3v) is 2.10. The van der Waals surface area contributed by atoms with Gasteiger partial charge in [0.15, 0.2) is 0 Å². The van der Waals surface area contributed by atoms with Crippen molar-refractivity contribution in [2.45, 2.75) is 19.8 Å². The normalized spacial score (nSPS) is 12.2.